The largest absolute Gasteiger partial charge is 0.330 e. The molecule has 2 atom stereocenters. The van der Waals surface area contributed by atoms with Gasteiger partial charge in [0.15, 0.2) is 0 Å². The molecule has 0 radical (unpaired) electrons. The van der Waals surface area contributed by atoms with E-state index in [0.29, 0.717) is 5.92 Å². The lowest BCUT2D eigenvalue weighted by atomic mass is 10.1. The topological polar surface area (TPSA) is 72.9 Å². The highest BCUT2D eigenvalue weighted by atomic mass is 35.5. The number of nitrogens with zero attached hydrogens (tertiary/aromatic N) is 2. The second kappa shape index (κ2) is 9.95. The van der Waals surface area contributed by atoms with Gasteiger partial charge in [0.1, 0.15) is 5.82 Å². The van der Waals surface area contributed by atoms with Gasteiger partial charge in [-0.25, -0.2) is 4.98 Å². The number of aromatic nitrogens is 2. The number of imidazole rings is 1. The van der Waals surface area contributed by atoms with E-state index in [4.69, 9.17) is 5.73 Å². The number of nitrogens with one attached hydrogen (secondary N) is 1. The minimum Gasteiger partial charge on any atom is -0.330 e. The summed E-state index contributed by atoms with van der Waals surface area (Å²) in [6.07, 6.45) is 6.46. The van der Waals surface area contributed by atoms with Crippen LogP contribution < -0.4 is 11.1 Å². The van der Waals surface area contributed by atoms with Gasteiger partial charge in [0.25, 0.3) is 0 Å². The second-order valence-corrected chi connectivity index (χ2v) is 7.03. The lowest BCUT2D eigenvalue weighted by Crippen LogP contribution is -2.23. The molecule has 1 fully saturated rings. The van der Waals surface area contributed by atoms with Gasteiger partial charge < -0.3 is 15.6 Å². The maximum Gasteiger partial charge on any atom is 0.227 e. The van der Waals surface area contributed by atoms with Crippen LogP contribution in [0.2, 0.25) is 0 Å². The van der Waals surface area contributed by atoms with Gasteiger partial charge in [-0.3, -0.25) is 4.79 Å². The zero-order valence-electron chi connectivity index (χ0n) is 15.2. The smallest absolute Gasteiger partial charge is 0.227 e. The molecule has 144 valence electrons. The number of nitrogens with two attached hydrogens (primary N) is 1. The first-order valence-electron chi connectivity index (χ1n) is 8.69. The van der Waals surface area contributed by atoms with E-state index in [0.717, 1.165) is 42.9 Å². The fourth-order valence-corrected chi connectivity index (χ4v) is 3.40. The van der Waals surface area contributed by atoms with E-state index < -0.39 is 0 Å². The van der Waals surface area contributed by atoms with Crippen molar-refractivity contribution in [3.8, 4) is 0 Å². The SMILES string of the molecule is CC(C)c1nccn1Cc1cccc(NC(=O)C2CCC(N)C2)c1.Cl.Cl. The van der Waals surface area contributed by atoms with Crippen molar-refractivity contribution in [2.45, 2.75) is 51.6 Å². The first kappa shape index (κ1) is 22.5. The van der Waals surface area contributed by atoms with Crippen LogP contribution >= 0.6 is 24.8 Å². The minimum atomic E-state index is 0. The average Bonchev–Trinajstić information content (AvgIpc) is 3.16. The third kappa shape index (κ3) is 5.47. The monoisotopic (exact) mass is 398 g/mol. The van der Waals surface area contributed by atoms with Crippen molar-refractivity contribution in [1.29, 1.82) is 0 Å². The van der Waals surface area contributed by atoms with E-state index >= 15 is 0 Å². The molecule has 1 heterocycles. The molecule has 3 rings (SSSR count). The molecule has 2 unspecified atom stereocenters. The molecule has 0 bridgehead atoms. The summed E-state index contributed by atoms with van der Waals surface area (Å²) < 4.78 is 2.15. The fraction of sp³-hybridized carbons (Fsp3) is 0.474. The number of rotatable bonds is 5. The first-order chi connectivity index (χ1) is 11.5. The van der Waals surface area contributed by atoms with Gasteiger partial charge in [-0.15, -0.1) is 24.8 Å². The Morgan fingerprint density at radius 2 is 2.12 bits per heavy atom. The number of anilines is 1. The van der Waals surface area contributed by atoms with Gasteiger partial charge >= 0.3 is 0 Å². The number of carbonyl (C=O) groups excluding carboxylic acids is 1. The highest BCUT2D eigenvalue weighted by Gasteiger charge is 2.27. The summed E-state index contributed by atoms with van der Waals surface area (Å²) in [5.74, 6) is 1.59. The third-order valence-electron chi connectivity index (χ3n) is 4.66. The second-order valence-electron chi connectivity index (χ2n) is 7.03. The van der Waals surface area contributed by atoms with Crippen molar-refractivity contribution in [2.24, 2.45) is 11.7 Å². The van der Waals surface area contributed by atoms with E-state index in [1.54, 1.807) is 0 Å². The highest BCUT2D eigenvalue weighted by Crippen LogP contribution is 2.25. The molecule has 1 aromatic heterocycles. The lowest BCUT2D eigenvalue weighted by molar-refractivity contribution is -0.119. The number of halogens is 2. The number of carbonyl (C=O) groups is 1. The van der Waals surface area contributed by atoms with Crippen LogP contribution in [0.25, 0.3) is 0 Å². The highest BCUT2D eigenvalue weighted by molar-refractivity contribution is 5.92. The van der Waals surface area contributed by atoms with Gasteiger partial charge in [-0.1, -0.05) is 26.0 Å². The molecule has 26 heavy (non-hydrogen) atoms. The predicted molar refractivity (Wildman–Crippen MR) is 110 cm³/mol. The van der Waals surface area contributed by atoms with Crippen LogP contribution in [0.15, 0.2) is 36.7 Å². The molecule has 3 N–H and O–H groups in total. The minimum absolute atomic E-state index is 0. The van der Waals surface area contributed by atoms with Crippen LogP contribution in [-0.4, -0.2) is 21.5 Å². The summed E-state index contributed by atoms with van der Waals surface area (Å²) in [5.41, 5.74) is 7.91. The number of hydrogen-bond donors (Lipinski definition) is 2. The Kier molecular flexibility index (Phi) is 8.60. The molecular weight excluding hydrogens is 371 g/mol. The fourth-order valence-electron chi connectivity index (χ4n) is 3.40. The molecule has 0 spiro atoms. The molecule has 1 aliphatic carbocycles. The van der Waals surface area contributed by atoms with Crippen molar-refractivity contribution < 1.29 is 4.79 Å². The van der Waals surface area contributed by atoms with Gasteiger partial charge in [0.05, 0.1) is 0 Å². The Bertz CT molecular complexity index is 717. The van der Waals surface area contributed by atoms with Crippen LogP contribution in [0.3, 0.4) is 0 Å². The third-order valence-corrected chi connectivity index (χ3v) is 4.66. The molecule has 2 aromatic rings. The predicted octanol–water partition coefficient (Wildman–Crippen LogP) is 3.96. The van der Waals surface area contributed by atoms with Crippen LogP contribution in [0.1, 0.15) is 50.4 Å². The zero-order chi connectivity index (χ0) is 17.1. The van der Waals surface area contributed by atoms with Gasteiger partial charge in [0.2, 0.25) is 5.91 Å². The van der Waals surface area contributed by atoms with Crippen molar-refractivity contribution in [2.75, 3.05) is 5.32 Å². The molecule has 0 saturated heterocycles. The molecule has 0 aliphatic heterocycles. The summed E-state index contributed by atoms with van der Waals surface area (Å²) in [5, 5.41) is 3.04. The number of amides is 1. The molecule has 1 aromatic carbocycles. The van der Waals surface area contributed by atoms with E-state index in [2.05, 4.69) is 34.8 Å². The zero-order valence-corrected chi connectivity index (χ0v) is 16.9. The summed E-state index contributed by atoms with van der Waals surface area (Å²) in [7, 11) is 0. The summed E-state index contributed by atoms with van der Waals surface area (Å²) in [6, 6.07) is 8.20. The van der Waals surface area contributed by atoms with Crippen LogP contribution in [0.4, 0.5) is 5.69 Å². The Morgan fingerprint density at radius 3 is 2.77 bits per heavy atom. The van der Waals surface area contributed by atoms with Crippen molar-refractivity contribution >= 4 is 36.4 Å². The number of benzene rings is 1. The standard InChI is InChI=1S/C19H26N4O.2ClH/c1-13(2)18-21-8-9-23(18)12-14-4-3-5-17(10-14)22-19(24)15-6-7-16(20)11-15;;/h3-5,8-10,13,15-16H,6-7,11-12,20H2,1-2H3,(H,22,24);2*1H. The van der Waals surface area contributed by atoms with Crippen molar-refractivity contribution in [3.63, 3.8) is 0 Å². The Hall–Kier alpha value is -1.56. The van der Waals surface area contributed by atoms with Gasteiger partial charge in [-0.05, 0) is 37.0 Å². The quantitative estimate of drug-likeness (QED) is 0.799. The maximum atomic E-state index is 12.4. The van der Waals surface area contributed by atoms with E-state index in [-0.39, 0.29) is 42.7 Å². The summed E-state index contributed by atoms with van der Waals surface area (Å²) >= 11 is 0. The van der Waals surface area contributed by atoms with Crippen LogP contribution in [0.5, 0.6) is 0 Å². The van der Waals surface area contributed by atoms with Gasteiger partial charge in [0, 0.05) is 42.5 Å². The van der Waals surface area contributed by atoms with Crippen molar-refractivity contribution in [1.82, 2.24) is 9.55 Å². The van der Waals surface area contributed by atoms with E-state index in [9.17, 15) is 4.79 Å². The molecule has 7 heteroatoms. The summed E-state index contributed by atoms with van der Waals surface area (Å²) in [4.78, 5) is 16.8. The van der Waals surface area contributed by atoms with Crippen molar-refractivity contribution in [3.05, 3.63) is 48.0 Å². The van der Waals surface area contributed by atoms with Crippen LogP contribution in [-0.2, 0) is 11.3 Å². The number of hydrogen-bond acceptors (Lipinski definition) is 3. The van der Waals surface area contributed by atoms with Gasteiger partial charge in [-0.2, -0.15) is 0 Å². The summed E-state index contributed by atoms with van der Waals surface area (Å²) in [6.45, 7) is 5.04. The first-order valence-corrected chi connectivity index (χ1v) is 8.69. The Labute approximate surface area is 167 Å². The van der Waals surface area contributed by atoms with Crippen LogP contribution in [0, 0.1) is 5.92 Å². The molecular formula is C19H28Cl2N4O. The molecule has 1 amide bonds. The molecule has 1 saturated carbocycles. The lowest BCUT2D eigenvalue weighted by Gasteiger charge is -2.13. The average molecular weight is 399 g/mol. The van der Waals surface area contributed by atoms with E-state index in [1.807, 2.05) is 30.6 Å². The molecule has 5 nitrogen and oxygen atoms in total. The van der Waals surface area contributed by atoms with E-state index in [1.165, 1.54) is 0 Å². The normalized spacial score (nSPS) is 18.9. The molecule has 1 aliphatic rings. The Balaban J connectivity index is 0.00000169. The maximum absolute atomic E-state index is 12.4. The Morgan fingerprint density at radius 1 is 1.35 bits per heavy atom.